The molecule has 0 unspecified atom stereocenters. The predicted molar refractivity (Wildman–Crippen MR) is 112 cm³/mol. The van der Waals surface area contributed by atoms with Gasteiger partial charge in [-0.2, -0.15) is 5.10 Å². The van der Waals surface area contributed by atoms with Crippen LogP contribution in [0.5, 0.6) is 0 Å². The molecule has 3 rings (SSSR count). The first-order valence-corrected chi connectivity index (χ1v) is 9.50. The number of benzene rings is 1. The molecular weight excluding hydrogens is 448 g/mol. The number of hydrogen-bond acceptors (Lipinski definition) is 10. The van der Waals surface area contributed by atoms with Gasteiger partial charge < -0.3 is 9.52 Å². The number of nitro groups is 2. The number of furan rings is 1. The van der Waals surface area contributed by atoms with Crippen LogP contribution in [0.15, 0.2) is 51.1 Å². The number of amides is 1. The average Bonchev–Trinajstić information content (AvgIpc) is 3.35. The van der Waals surface area contributed by atoms with Crippen LogP contribution in [0.1, 0.15) is 5.76 Å². The SMILES string of the molecule is O=C(CSc1nc2cc([N+](=O)[O-])ccc2n1C(=O)O)N/N=C\C=C\c1ccc([N+](=O)[O-])o1. The molecule has 3 aromatic rings. The van der Waals surface area contributed by atoms with Gasteiger partial charge >= 0.3 is 12.0 Å². The molecule has 2 heterocycles. The molecule has 0 atom stereocenters. The van der Waals surface area contributed by atoms with E-state index in [9.17, 15) is 34.9 Å². The maximum absolute atomic E-state index is 11.9. The lowest BCUT2D eigenvalue weighted by Crippen LogP contribution is -2.20. The van der Waals surface area contributed by atoms with Crippen molar-refractivity contribution in [2.24, 2.45) is 5.10 Å². The summed E-state index contributed by atoms with van der Waals surface area (Å²) in [7, 11) is 0. The van der Waals surface area contributed by atoms with Crippen molar-refractivity contribution >= 4 is 58.7 Å². The quantitative estimate of drug-likeness (QED) is 0.218. The summed E-state index contributed by atoms with van der Waals surface area (Å²) in [6.07, 6.45) is 2.63. The second kappa shape index (κ2) is 9.52. The Labute approximate surface area is 181 Å². The number of nitro benzene ring substituents is 1. The third-order valence-electron chi connectivity index (χ3n) is 3.74. The monoisotopic (exact) mass is 460 g/mol. The van der Waals surface area contributed by atoms with Crippen molar-refractivity contribution in [2.45, 2.75) is 5.16 Å². The Morgan fingerprint density at radius 3 is 2.69 bits per heavy atom. The summed E-state index contributed by atoms with van der Waals surface area (Å²) in [6, 6.07) is 6.15. The number of hydrogen-bond donors (Lipinski definition) is 2. The maximum atomic E-state index is 11.9. The summed E-state index contributed by atoms with van der Waals surface area (Å²) in [6.45, 7) is 0. The molecule has 1 aromatic carbocycles. The fourth-order valence-corrected chi connectivity index (χ4v) is 3.22. The van der Waals surface area contributed by atoms with Crippen LogP contribution in [0.25, 0.3) is 17.1 Å². The molecule has 0 radical (unpaired) electrons. The van der Waals surface area contributed by atoms with Gasteiger partial charge in [0.05, 0.1) is 27.8 Å². The van der Waals surface area contributed by atoms with Crippen molar-refractivity contribution in [1.82, 2.24) is 15.0 Å². The van der Waals surface area contributed by atoms with E-state index in [1.165, 1.54) is 36.6 Å². The van der Waals surface area contributed by atoms with E-state index in [-0.39, 0.29) is 33.4 Å². The molecule has 0 saturated heterocycles. The highest BCUT2D eigenvalue weighted by Crippen LogP contribution is 2.26. The van der Waals surface area contributed by atoms with Crippen molar-refractivity contribution in [2.75, 3.05) is 5.75 Å². The number of non-ortho nitro benzene ring substituents is 1. The number of thioether (sulfide) groups is 1. The van der Waals surface area contributed by atoms with Gasteiger partial charge in [-0.1, -0.05) is 11.8 Å². The molecule has 15 heteroatoms. The molecule has 1 amide bonds. The first kappa shape index (κ1) is 22.2. The van der Waals surface area contributed by atoms with Gasteiger partial charge in [-0.05, 0) is 24.3 Å². The molecule has 0 aliphatic heterocycles. The number of allylic oxidation sites excluding steroid dienone is 1. The lowest BCUT2D eigenvalue weighted by atomic mass is 10.3. The Balaban J connectivity index is 1.60. The number of imidazole rings is 1. The molecule has 0 aliphatic rings. The normalized spacial score (nSPS) is 11.4. The first-order chi connectivity index (χ1) is 15.3. The van der Waals surface area contributed by atoms with Gasteiger partial charge in [0.25, 0.3) is 11.6 Å². The van der Waals surface area contributed by atoms with Gasteiger partial charge in [0.2, 0.25) is 0 Å². The third-order valence-corrected chi connectivity index (χ3v) is 4.68. The fourth-order valence-electron chi connectivity index (χ4n) is 2.42. The van der Waals surface area contributed by atoms with E-state index in [4.69, 9.17) is 4.42 Å². The van der Waals surface area contributed by atoms with Gasteiger partial charge in [0, 0.05) is 18.3 Å². The van der Waals surface area contributed by atoms with E-state index < -0.39 is 27.7 Å². The van der Waals surface area contributed by atoms with E-state index in [1.807, 2.05) is 0 Å². The molecule has 32 heavy (non-hydrogen) atoms. The fraction of sp³-hybridized carbons (Fsp3) is 0.0588. The van der Waals surface area contributed by atoms with Crippen LogP contribution in [-0.4, -0.2) is 48.5 Å². The summed E-state index contributed by atoms with van der Waals surface area (Å²) in [5, 5.41) is 34.5. The van der Waals surface area contributed by atoms with Crippen molar-refractivity contribution in [3.8, 4) is 0 Å². The lowest BCUT2D eigenvalue weighted by molar-refractivity contribution is -0.402. The molecule has 0 aliphatic carbocycles. The van der Waals surface area contributed by atoms with Crippen LogP contribution in [-0.2, 0) is 4.79 Å². The van der Waals surface area contributed by atoms with Crippen molar-refractivity contribution in [3.05, 3.63) is 62.4 Å². The molecule has 0 fully saturated rings. The summed E-state index contributed by atoms with van der Waals surface area (Å²) >= 11 is 0.808. The lowest BCUT2D eigenvalue weighted by Gasteiger charge is -2.02. The molecule has 2 N–H and O–H groups in total. The zero-order valence-corrected chi connectivity index (χ0v) is 16.6. The van der Waals surface area contributed by atoms with Gasteiger partial charge in [0.15, 0.2) is 5.16 Å². The Bertz CT molecular complexity index is 1280. The van der Waals surface area contributed by atoms with Gasteiger partial charge in [0.1, 0.15) is 10.7 Å². The molecule has 0 bridgehead atoms. The van der Waals surface area contributed by atoms with Crippen molar-refractivity contribution in [1.29, 1.82) is 0 Å². The third kappa shape index (κ3) is 5.14. The van der Waals surface area contributed by atoms with Crippen molar-refractivity contribution < 1.29 is 29.0 Å². The van der Waals surface area contributed by atoms with Gasteiger partial charge in [-0.3, -0.25) is 25.0 Å². The maximum Gasteiger partial charge on any atom is 0.433 e. The summed E-state index contributed by atoms with van der Waals surface area (Å²) in [5.41, 5.74) is 2.22. The standard InChI is InChI=1S/C17H12N6O8S/c24-14(20-18-7-1-2-11-4-6-15(31-11)23(29)30)9-32-16-19-12-8-10(22(27)28)3-5-13(12)21(16)17(25)26/h1-8H,9H2,(H,20,24)(H,25,26)/b2-1+,18-7-. The van der Waals surface area contributed by atoms with Gasteiger partial charge in [-0.15, -0.1) is 0 Å². The number of fused-ring (bicyclic) bond motifs is 1. The Morgan fingerprint density at radius 2 is 2.03 bits per heavy atom. The van der Waals surface area contributed by atoms with E-state index in [0.717, 1.165) is 28.5 Å². The van der Waals surface area contributed by atoms with Crippen LogP contribution in [0, 0.1) is 20.2 Å². The minimum Gasteiger partial charge on any atom is -0.464 e. The van der Waals surface area contributed by atoms with E-state index >= 15 is 0 Å². The van der Waals surface area contributed by atoms with Crippen LogP contribution < -0.4 is 5.43 Å². The zero-order chi connectivity index (χ0) is 23.3. The number of carbonyl (C=O) groups excluding carboxylic acids is 1. The second-order valence-corrected chi connectivity index (χ2v) is 6.78. The van der Waals surface area contributed by atoms with Crippen LogP contribution >= 0.6 is 11.8 Å². The molecule has 0 spiro atoms. The Kier molecular flexibility index (Phi) is 6.59. The highest BCUT2D eigenvalue weighted by molar-refractivity contribution is 7.99. The second-order valence-electron chi connectivity index (χ2n) is 5.84. The predicted octanol–water partition coefficient (Wildman–Crippen LogP) is 2.88. The minimum atomic E-state index is -1.36. The summed E-state index contributed by atoms with van der Waals surface area (Å²) < 4.78 is 5.73. The number of hydrazone groups is 1. The van der Waals surface area contributed by atoms with Crippen LogP contribution in [0.2, 0.25) is 0 Å². The van der Waals surface area contributed by atoms with E-state index in [2.05, 4.69) is 15.5 Å². The minimum absolute atomic E-state index is 0.0357. The zero-order valence-electron chi connectivity index (χ0n) is 15.8. The smallest absolute Gasteiger partial charge is 0.433 e. The number of nitrogens with one attached hydrogen (secondary N) is 1. The summed E-state index contributed by atoms with van der Waals surface area (Å²) in [4.78, 5) is 47.7. The van der Waals surface area contributed by atoms with Crippen LogP contribution in [0.3, 0.4) is 0 Å². The average molecular weight is 460 g/mol. The molecule has 0 saturated carbocycles. The highest BCUT2D eigenvalue weighted by atomic mass is 32.2. The number of aromatic nitrogens is 2. The Hall–Kier alpha value is -4.53. The Morgan fingerprint density at radius 1 is 1.25 bits per heavy atom. The van der Waals surface area contributed by atoms with E-state index in [1.54, 1.807) is 0 Å². The molecule has 2 aromatic heterocycles. The number of carbonyl (C=O) groups is 2. The number of carboxylic acid groups (broad SMARTS) is 1. The molecule has 14 nitrogen and oxygen atoms in total. The van der Waals surface area contributed by atoms with Crippen molar-refractivity contribution in [3.63, 3.8) is 0 Å². The first-order valence-electron chi connectivity index (χ1n) is 8.52. The summed E-state index contributed by atoms with van der Waals surface area (Å²) in [5.74, 6) is -0.987. The van der Waals surface area contributed by atoms with Crippen LogP contribution in [0.4, 0.5) is 16.4 Å². The topological polar surface area (TPSA) is 196 Å². The largest absolute Gasteiger partial charge is 0.464 e. The molecular formula is C17H12N6O8S. The number of nitrogens with zero attached hydrogens (tertiary/aromatic N) is 5. The molecule has 164 valence electrons. The number of rotatable bonds is 8. The van der Waals surface area contributed by atoms with Gasteiger partial charge in [-0.25, -0.2) is 19.8 Å². The van der Waals surface area contributed by atoms with E-state index in [0.29, 0.717) is 0 Å². The highest BCUT2D eigenvalue weighted by Gasteiger charge is 2.19.